The molecule has 1 aromatic carbocycles. The van der Waals surface area contributed by atoms with Gasteiger partial charge in [-0.15, -0.1) is 0 Å². The molecule has 0 aliphatic heterocycles. The Hall–Kier alpha value is -1.75. The molecule has 0 saturated heterocycles. The number of carbonyl (C=O) groups excluding carboxylic acids is 1. The highest BCUT2D eigenvalue weighted by atomic mass is 35.5. The van der Waals surface area contributed by atoms with Crippen LogP contribution in [0.1, 0.15) is 12.8 Å². The molecule has 0 aliphatic carbocycles. The standard InChI is InChI=1S/C12H14ClNO4/c13-9-3-1-2-4-10(9)18-8-7-14-11(15)5-6-12(16)17/h1-4H,5-8H2,(H,14,15)(H,16,17). The fourth-order valence-electron chi connectivity index (χ4n) is 1.22. The smallest absolute Gasteiger partial charge is 0.303 e. The third kappa shape index (κ3) is 5.54. The van der Waals surface area contributed by atoms with Gasteiger partial charge in [-0.2, -0.15) is 0 Å². The average Bonchev–Trinajstić information content (AvgIpc) is 2.34. The molecular formula is C12H14ClNO4. The molecule has 0 saturated carbocycles. The number of aliphatic carboxylic acids is 1. The van der Waals surface area contributed by atoms with Crippen molar-refractivity contribution < 1.29 is 19.4 Å². The van der Waals surface area contributed by atoms with Crippen LogP contribution in [0.5, 0.6) is 5.75 Å². The van der Waals surface area contributed by atoms with Gasteiger partial charge in [-0.25, -0.2) is 0 Å². The molecule has 1 aromatic rings. The van der Waals surface area contributed by atoms with Crippen molar-refractivity contribution in [1.82, 2.24) is 5.32 Å². The van der Waals surface area contributed by atoms with E-state index < -0.39 is 5.97 Å². The zero-order valence-electron chi connectivity index (χ0n) is 9.69. The molecule has 0 spiro atoms. The lowest BCUT2D eigenvalue weighted by atomic mass is 10.3. The van der Waals surface area contributed by atoms with Crippen LogP contribution in [0.25, 0.3) is 0 Å². The summed E-state index contributed by atoms with van der Waals surface area (Å²) in [6, 6.07) is 7.03. The molecule has 1 amide bonds. The number of carboxylic acids is 1. The SMILES string of the molecule is O=C(O)CCC(=O)NCCOc1ccccc1Cl. The molecule has 0 fully saturated rings. The van der Waals surface area contributed by atoms with Crippen LogP contribution < -0.4 is 10.1 Å². The van der Waals surface area contributed by atoms with E-state index in [-0.39, 0.29) is 25.4 Å². The van der Waals surface area contributed by atoms with Gasteiger partial charge in [0.05, 0.1) is 18.0 Å². The van der Waals surface area contributed by atoms with Gasteiger partial charge in [0.1, 0.15) is 12.4 Å². The summed E-state index contributed by atoms with van der Waals surface area (Å²) in [7, 11) is 0. The highest BCUT2D eigenvalue weighted by molar-refractivity contribution is 6.32. The molecule has 18 heavy (non-hydrogen) atoms. The second-order valence-electron chi connectivity index (χ2n) is 3.52. The van der Waals surface area contributed by atoms with Crippen molar-refractivity contribution in [2.75, 3.05) is 13.2 Å². The normalized spacial score (nSPS) is 9.83. The summed E-state index contributed by atoms with van der Waals surface area (Å²) in [5.41, 5.74) is 0. The van der Waals surface area contributed by atoms with E-state index in [0.29, 0.717) is 17.3 Å². The van der Waals surface area contributed by atoms with Crippen molar-refractivity contribution in [2.24, 2.45) is 0 Å². The monoisotopic (exact) mass is 271 g/mol. The first-order valence-electron chi connectivity index (χ1n) is 5.45. The van der Waals surface area contributed by atoms with Gasteiger partial charge in [0, 0.05) is 6.42 Å². The Morgan fingerprint density at radius 3 is 2.67 bits per heavy atom. The van der Waals surface area contributed by atoms with E-state index in [0.717, 1.165) is 0 Å². The topological polar surface area (TPSA) is 75.6 Å². The Morgan fingerprint density at radius 1 is 1.28 bits per heavy atom. The van der Waals surface area contributed by atoms with Crippen LogP contribution >= 0.6 is 11.6 Å². The third-order valence-electron chi connectivity index (χ3n) is 2.08. The largest absolute Gasteiger partial charge is 0.490 e. The molecule has 0 bridgehead atoms. The predicted octanol–water partition coefficient (Wildman–Crippen LogP) is 1.70. The summed E-state index contributed by atoms with van der Waals surface area (Å²) >= 11 is 5.87. The van der Waals surface area contributed by atoms with E-state index in [4.69, 9.17) is 21.4 Å². The number of carbonyl (C=O) groups is 2. The molecule has 0 aliphatic rings. The number of rotatable bonds is 7. The molecule has 98 valence electrons. The van der Waals surface area contributed by atoms with Gasteiger partial charge in [0.2, 0.25) is 5.91 Å². The van der Waals surface area contributed by atoms with Crippen molar-refractivity contribution in [2.45, 2.75) is 12.8 Å². The number of para-hydroxylation sites is 1. The maximum Gasteiger partial charge on any atom is 0.303 e. The summed E-state index contributed by atoms with van der Waals surface area (Å²) in [6.07, 6.45) is -0.196. The van der Waals surface area contributed by atoms with Gasteiger partial charge >= 0.3 is 5.97 Å². The highest BCUT2D eigenvalue weighted by Gasteiger charge is 2.04. The molecule has 0 radical (unpaired) electrons. The number of nitrogens with one attached hydrogen (secondary N) is 1. The van der Waals surface area contributed by atoms with Gasteiger partial charge in [0.15, 0.2) is 0 Å². The summed E-state index contributed by atoms with van der Waals surface area (Å²) in [6.45, 7) is 0.590. The van der Waals surface area contributed by atoms with Crippen molar-refractivity contribution in [3.05, 3.63) is 29.3 Å². The lowest BCUT2D eigenvalue weighted by Crippen LogP contribution is -2.28. The Labute approximate surface area is 110 Å². The first kappa shape index (κ1) is 14.3. The Kier molecular flexibility index (Phi) is 6.00. The zero-order valence-corrected chi connectivity index (χ0v) is 10.4. The number of amides is 1. The number of hydrogen-bond acceptors (Lipinski definition) is 3. The van der Waals surface area contributed by atoms with Gasteiger partial charge in [-0.1, -0.05) is 23.7 Å². The van der Waals surface area contributed by atoms with Crippen LogP contribution in [-0.2, 0) is 9.59 Å². The van der Waals surface area contributed by atoms with Crippen LogP contribution in [0.15, 0.2) is 24.3 Å². The summed E-state index contributed by atoms with van der Waals surface area (Å²) in [4.78, 5) is 21.4. The van der Waals surface area contributed by atoms with Gasteiger partial charge in [-0.3, -0.25) is 9.59 Å². The second kappa shape index (κ2) is 7.55. The van der Waals surface area contributed by atoms with Crippen LogP contribution in [0.3, 0.4) is 0 Å². The molecule has 2 N–H and O–H groups in total. The van der Waals surface area contributed by atoms with Gasteiger partial charge < -0.3 is 15.2 Å². The van der Waals surface area contributed by atoms with Gasteiger partial charge in [0.25, 0.3) is 0 Å². The van der Waals surface area contributed by atoms with Crippen molar-refractivity contribution in [3.63, 3.8) is 0 Å². The molecule has 0 atom stereocenters. The van der Waals surface area contributed by atoms with Crippen LogP contribution in [0, 0.1) is 0 Å². The van der Waals surface area contributed by atoms with E-state index >= 15 is 0 Å². The number of benzene rings is 1. The number of carboxylic acid groups (broad SMARTS) is 1. The maximum absolute atomic E-state index is 11.2. The summed E-state index contributed by atoms with van der Waals surface area (Å²) < 4.78 is 5.35. The fraction of sp³-hybridized carbons (Fsp3) is 0.333. The minimum atomic E-state index is -0.988. The van der Waals surface area contributed by atoms with Crippen molar-refractivity contribution >= 4 is 23.5 Å². The van der Waals surface area contributed by atoms with Gasteiger partial charge in [-0.05, 0) is 12.1 Å². The molecule has 0 heterocycles. The van der Waals surface area contributed by atoms with Crippen LogP contribution in [0.4, 0.5) is 0 Å². The van der Waals surface area contributed by atoms with Crippen molar-refractivity contribution in [1.29, 1.82) is 0 Å². The molecule has 1 rings (SSSR count). The van der Waals surface area contributed by atoms with E-state index in [1.54, 1.807) is 24.3 Å². The Bertz CT molecular complexity index is 422. The third-order valence-corrected chi connectivity index (χ3v) is 2.40. The van der Waals surface area contributed by atoms with E-state index in [9.17, 15) is 9.59 Å². The van der Waals surface area contributed by atoms with Crippen molar-refractivity contribution in [3.8, 4) is 5.75 Å². The number of ether oxygens (including phenoxy) is 1. The van der Waals surface area contributed by atoms with Crippen LogP contribution in [0.2, 0.25) is 5.02 Å². The summed E-state index contributed by atoms with van der Waals surface area (Å²) in [5.74, 6) is -0.739. The van der Waals surface area contributed by atoms with E-state index in [2.05, 4.69) is 5.32 Å². The lowest BCUT2D eigenvalue weighted by Gasteiger charge is -2.08. The molecule has 0 unspecified atom stereocenters. The van der Waals surface area contributed by atoms with E-state index in [1.165, 1.54) is 0 Å². The maximum atomic E-state index is 11.2. The first-order valence-corrected chi connectivity index (χ1v) is 5.83. The average molecular weight is 272 g/mol. The second-order valence-corrected chi connectivity index (χ2v) is 3.93. The molecule has 6 heteroatoms. The minimum absolute atomic E-state index is 0.0264. The number of halogens is 1. The Balaban J connectivity index is 2.17. The fourth-order valence-corrected chi connectivity index (χ4v) is 1.41. The number of hydrogen-bond donors (Lipinski definition) is 2. The zero-order chi connectivity index (χ0) is 13.4. The first-order chi connectivity index (χ1) is 8.59. The van der Waals surface area contributed by atoms with Crippen LogP contribution in [-0.4, -0.2) is 30.1 Å². The summed E-state index contributed by atoms with van der Waals surface area (Å²) in [5, 5.41) is 11.5. The molecule has 5 nitrogen and oxygen atoms in total. The van der Waals surface area contributed by atoms with E-state index in [1.807, 2.05) is 0 Å². The lowest BCUT2D eigenvalue weighted by molar-refractivity contribution is -0.138. The highest BCUT2D eigenvalue weighted by Crippen LogP contribution is 2.22. The predicted molar refractivity (Wildman–Crippen MR) is 66.8 cm³/mol. The molecular weight excluding hydrogens is 258 g/mol. The Morgan fingerprint density at radius 2 is 2.00 bits per heavy atom. The quantitative estimate of drug-likeness (QED) is 0.740. The molecule has 0 aromatic heterocycles. The minimum Gasteiger partial charge on any atom is -0.490 e.